The minimum absolute atomic E-state index is 0.0252. The third-order valence-corrected chi connectivity index (χ3v) is 4.55. The molecule has 2 N–H and O–H groups in total. The predicted octanol–water partition coefficient (Wildman–Crippen LogP) is 3.55. The summed E-state index contributed by atoms with van der Waals surface area (Å²) in [5.41, 5.74) is 4.07. The highest BCUT2D eigenvalue weighted by Crippen LogP contribution is 2.34. The molecule has 0 atom stereocenters. The van der Waals surface area contributed by atoms with Crippen molar-refractivity contribution in [2.45, 2.75) is 13.8 Å². The second kappa shape index (κ2) is 8.11. The Morgan fingerprint density at radius 3 is 2.96 bits per heavy atom. The van der Waals surface area contributed by atoms with Gasteiger partial charge in [-0.2, -0.15) is 5.10 Å². The zero-order valence-electron chi connectivity index (χ0n) is 13.3. The number of anilines is 1. The Labute approximate surface area is 151 Å². The molecular weight excluding hydrogens is 398 g/mol. The van der Waals surface area contributed by atoms with Crippen LogP contribution in [-0.2, 0) is 4.74 Å². The Bertz CT molecular complexity index is 776. The van der Waals surface area contributed by atoms with Gasteiger partial charge in [0.15, 0.2) is 11.5 Å². The first-order chi connectivity index (χ1) is 11.5. The van der Waals surface area contributed by atoms with Gasteiger partial charge in [-0.05, 0) is 47.5 Å². The highest BCUT2D eigenvalue weighted by atomic mass is 79.9. The Balaban J connectivity index is 2.11. The van der Waals surface area contributed by atoms with Crippen LogP contribution in [0.3, 0.4) is 0 Å². The van der Waals surface area contributed by atoms with Gasteiger partial charge in [-0.25, -0.2) is 9.78 Å². The number of benzene rings is 1. The number of nitrogens with zero attached hydrogens (tertiary/aromatic N) is 2. The summed E-state index contributed by atoms with van der Waals surface area (Å²) in [4.78, 5) is 16.4. The van der Waals surface area contributed by atoms with Gasteiger partial charge < -0.3 is 14.6 Å². The third-order valence-electron chi connectivity index (χ3n) is 2.90. The summed E-state index contributed by atoms with van der Waals surface area (Å²) in [6.45, 7) is 3.80. The number of halogens is 1. The van der Waals surface area contributed by atoms with Crippen molar-refractivity contribution < 1.29 is 19.4 Å². The highest BCUT2D eigenvalue weighted by molar-refractivity contribution is 9.10. The lowest BCUT2D eigenvalue weighted by atomic mass is 10.2. The van der Waals surface area contributed by atoms with E-state index in [1.807, 2.05) is 0 Å². The number of phenols is 1. The maximum atomic E-state index is 11.8. The number of esters is 1. The fourth-order valence-corrected chi connectivity index (χ4v) is 3.09. The highest BCUT2D eigenvalue weighted by Gasteiger charge is 2.16. The van der Waals surface area contributed by atoms with Crippen LogP contribution >= 0.6 is 27.3 Å². The maximum Gasteiger partial charge on any atom is 0.350 e. The molecule has 24 heavy (non-hydrogen) atoms. The van der Waals surface area contributed by atoms with Gasteiger partial charge in [0, 0.05) is 0 Å². The largest absolute Gasteiger partial charge is 0.503 e. The van der Waals surface area contributed by atoms with Crippen LogP contribution in [0.4, 0.5) is 5.13 Å². The molecule has 0 amide bonds. The van der Waals surface area contributed by atoms with Crippen molar-refractivity contribution in [1.29, 1.82) is 0 Å². The van der Waals surface area contributed by atoms with Crippen molar-refractivity contribution in [2.75, 3.05) is 19.1 Å². The molecule has 1 aromatic heterocycles. The van der Waals surface area contributed by atoms with E-state index in [1.165, 1.54) is 18.4 Å². The topological polar surface area (TPSA) is 93.0 Å². The Hall–Kier alpha value is -2.13. The molecule has 128 valence electrons. The first-order valence-electron chi connectivity index (χ1n) is 6.96. The molecule has 1 heterocycles. The number of hydrogen-bond acceptors (Lipinski definition) is 8. The molecule has 0 radical (unpaired) electrons. The average Bonchev–Trinajstić information content (AvgIpc) is 2.91. The van der Waals surface area contributed by atoms with Gasteiger partial charge in [0.25, 0.3) is 0 Å². The Morgan fingerprint density at radius 1 is 1.54 bits per heavy atom. The summed E-state index contributed by atoms with van der Waals surface area (Å²) in [5, 5.41) is 14.3. The summed E-state index contributed by atoms with van der Waals surface area (Å²) in [6, 6.07) is 3.34. The monoisotopic (exact) mass is 413 g/mol. The number of carbonyl (C=O) groups excluding carboxylic acids is 1. The van der Waals surface area contributed by atoms with E-state index in [0.717, 1.165) is 0 Å². The van der Waals surface area contributed by atoms with E-state index in [1.54, 1.807) is 32.2 Å². The van der Waals surface area contributed by atoms with E-state index in [9.17, 15) is 9.90 Å². The first-order valence-corrected chi connectivity index (χ1v) is 8.57. The van der Waals surface area contributed by atoms with E-state index in [2.05, 4.69) is 31.4 Å². The van der Waals surface area contributed by atoms with Crippen LogP contribution < -0.4 is 10.2 Å². The molecule has 0 saturated carbocycles. The van der Waals surface area contributed by atoms with Gasteiger partial charge in [-0.1, -0.05) is 11.3 Å². The van der Waals surface area contributed by atoms with Gasteiger partial charge in [-0.3, -0.25) is 5.43 Å². The van der Waals surface area contributed by atoms with E-state index in [-0.39, 0.29) is 5.75 Å². The van der Waals surface area contributed by atoms with Crippen LogP contribution in [0.5, 0.6) is 11.5 Å². The molecular formula is C15H16BrN3O4S. The van der Waals surface area contributed by atoms with Crippen molar-refractivity contribution in [3.05, 3.63) is 32.7 Å². The average molecular weight is 414 g/mol. The van der Waals surface area contributed by atoms with Gasteiger partial charge in [0.2, 0.25) is 5.13 Å². The molecule has 0 unspecified atom stereocenters. The van der Waals surface area contributed by atoms with Crippen LogP contribution in [0.25, 0.3) is 0 Å². The number of ether oxygens (including phenoxy) is 2. The molecule has 0 aliphatic carbocycles. The normalized spacial score (nSPS) is 10.8. The number of phenolic OH excluding ortho intramolecular Hbond substituents is 1. The summed E-state index contributed by atoms with van der Waals surface area (Å²) in [5.74, 6) is -0.0329. The lowest BCUT2D eigenvalue weighted by molar-refractivity contribution is 0.0531. The minimum atomic E-state index is -0.392. The lowest BCUT2D eigenvalue weighted by Gasteiger charge is -2.06. The van der Waals surface area contributed by atoms with E-state index in [4.69, 9.17) is 9.47 Å². The fraction of sp³-hybridized carbons (Fsp3) is 0.267. The van der Waals surface area contributed by atoms with E-state index < -0.39 is 5.97 Å². The van der Waals surface area contributed by atoms with E-state index in [0.29, 0.717) is 38.1 Å². The third kappa shape index (κ3) is 4.24. The summed E-state index contributed by atoms with van der Waals surface area (Å²) in [7, 11) is 1.47. The van der Waals surface area contributed by atoms with Gasteiger partial charge in [0.05, 0.1) is 30.1 Å². The number of hydrogen-bond donors (Lipinski definition) is 2. The van der Waals surface area contributed by atoms with Crippen molar-refractivity contribution in [3.63, 3.8) is 0 Å². The second-order valence-electron chi connectivity index (χ2n) is 4.58. The number of hydrazone groups is 1. The number of carbonyl (C=O) groups is 1. The lowest BCUT2D eigenvalue weighted by Crippen LogP contribution is -2.03. The molecule has 2 rings (SSSR count). The van der Waals surface area contributed by atoms with E-state index >= 15 is 0 Å². The van der Waals surface area contributed by atoms with Crippen molar-refractivity contribution >= 4 is 44.6 Å². The number of nitrogens with one attached hydrogen (secondary N) is 1. The van der Waals surface area contributed by atoms with Crippen LogP contribution in [0.2, 0.25) is 0 Å². The quantitative estimate of drug-likeness (QED) is 0.427. The van der Waals surface area contributed by atoms with Crippen LogP contribution in [0, 0.1) is 6.92 Å². The molecule has 0 spiro atoms. The van der Waals surface area contributed by atoms with Gasteiger partial charge in [0.1, 0.15) is 4.88 Å². The number of thiazole rings is 1. The zero-order valence-corrected chi connectivity index (χ0v) is 15.7. The first kappa shape index (κ1) is 18.2. The molecule has 7 nitrogen and oxygen atoms in total. The standard InChI is InChI=1S/C15H16BrN3O4S/c1-4-23-14(21)13-8(2)18-15(24-13)19-17-7-9-5-10(16)12(20)11(6-9)22-3/h5-7,20H,4H2,1-3H3,(H,18,19)/b17-7-. The molecule has 0 saturated heterocycles. The fourth-order valence-electron chi connectivity index (χ4n) is 1.82. The SMILES string of the molecule is CCOC(=O)c1sc(N/N=C\c2cc(Br)c(O)c(OC)c2)nc1C. The Kier molecular flexibility index (Phi) is 6.16. The number of methoxy groups -OCH3 is 1. The van der Waals surface area contributed by atoms with Crippen molar-refractivity contribution in [1.82, 2.24) is 4.98 Å². The minimum Gasteiger partial charge on any atom is -0.503 e. The maximum absolute atomic E-state index is 11.8. The molecule has 0 aliphatic heterocycles. The summed E-state index contributed by atoms with van der Waals surface area (Å²) < 4.78 is 10.5. The van der Waals surface area contributed by atoms with Gasteiger partial charge in [-0.15, -0.1) is 0 Å². The smallest absolute Gasteiger partial charge is 0.350 e. The van der Waals surface area contributed by atoms with Crippen molar-refractivity contribution in [3.8, 4) is 11.5 Å². The summed E-state index contributed by atoms with van der Waals surface area (Å²) >= 11 is 4.42. The number of aromatic hydroxyl groups is 1. The molecule has 0 aliphatic rings. The van der Waals surface area contributed by atoms with Crippen LogP contribution in [0.1, 0.15) is 27.9 Å². The number of rotatable bonds is 6. The molecule has 2 aromatic rings. The molecule has 0 bridgehead atoms. The van der Waals surface area contributed by atoms with Crippen molar-refractivity contribution in [2.24, 2.45) is 5.10 Å². The predicted molar refractivity (Wildman–Crippen MR) is 96.4 cm³/mol. The molecule has 9 heteroatoms. The number of aromatic nitrogens is 1. The zero-order chi connectivity index (χ0) is 17.7. The number of aryl methyl sites for hydroxylation is 1. The van der Waals surface area contributed by atoms with Crippen LogP contribution in [0.15, 0.2) is 21.7 Å². The second-order valence-corrected chi connectivity index (χ2v) is 6.43. The van der Waals surface area contributed by atoms with Gasteiger partial charge >= 0.3 is 5.97 Å². The van der Waals surface area contributed by atoms with Crippen LogP contribution in [-0.4, -0.2) is 36.0 Å². The molecule has 0 fully saturated rings. The summed E-state index contributed by atoms with van der Waals surface area (Å²) in [6.07, 6.45) is 1.55. The molecule has 1 aromatic carbocycles. The Morgan fingerprint density at radius 2 is 2.29 bits per heavy atom.